The average Bonchev–Trinajstić information content (AvgIpc) is 2.94. The highest BCUT2D eigenvalue weighted by atomic mass is 35.5. The predicted molar refractivity (Wildman–Crippen MR) is 97.2 cm³/mol. The number of nitrogens with one attached hydrogen (secondary N) is 1. The molecule has 0 bridgehead atoms. The summed E-state index contributed by atoms with van der Waals surface area (Å²) in [6.07, 6.45) is 0.535. The van der Waals surface area contributed by atoms with E-state index in [1.54, 1.807) is 42.5 Å². The number of benzene rings is 2. The van der Waals surface area contributed by atoms with Gasteiger partial charge in [-0.3, -0.25) is 19.3 Å². The van der Waals surface area contributed by atoms with Crippen LogP contribution in [0, 0.1) is 0 Å². The van der Waals surface area contributed by atoms with Gasteiger partial charge in [0.15, 0.2) is 0 Å². The van der Waals surface area contributed by atoms with Crippen molar-refractivity contribution in [1.29, 1.82) is 0 Å². The van der Waals surface area contributed by atoms with Crippen molar-refractivity contribution < 1.29 is 19.1 Å². The van der Waals surface area contributed by atoms with Gasteiger partial charge in [0.05, 0.1) is 18.7 Å². The largest absolute Gasteiger partial charge is 0.495 e. The Morgan fingerprint density at radius 2 is 1.77 bits per heavy atom. The molecule has 3 rings (SSSR count). The van der Waals surface area contributed by atoms with Crippen LogP contribution in [-0.2, 0) is 16.1 Å². The number of amides is 3. The lowest BCUT2D eigenvalue weighted by Crippen LogP contribution is -2.28. The van der Waals surface area contributed by atoms with Gasteiger partial charge in [-0.25, -0.2) is 0 Å². The van der Waals surface area contributed by atoms with Crippen LogP contribution >= 0.6 is 11.6 Å². The van der Waals surface area contributed by atoms with Gasteiger partial charge in [-0.15, -0.1) is 0 Å². The molecule has 3 amide bonds. The second kappa shape index (κ2) is 7.58. The van der Waals surface area contributed by atoms with E-state index in [0.29, 0.717) is 22.0 Å². The van der Waals surface area contributed by atoms with Crippen molar-refractivity contribution in [3.05, 3.63) is 58.6 Å². The first kappa shape index (κ1) is 17.9. The first-order valence-electron chi connectivity index (χ1n) is 8.05. The van der Waals surface area contributed by atoms with Gasteiger partial charge in [-0.2, -0.15) is 0 Å². The van der Waals surface area contributed by atoms with Gasteiger partial charge in [0.1, 0.15) is 5.75 Å². The molecule has 1 heterocycles. The van der Waals surface area contributed by atoms with Crippen LogP contribution < -0.4 is 10.1 Å². The Bertz CT molecular complexity index is 848. The summed E-state index contributed by atoms with van der Waals surface area (Å²) in [5.74, 6) is -0.0763. The normalized spacial score (nSPS) is 13.8. The fraction of sp³-hybridized carbons (Fsp3) is 0.211. The van der Waals surface area contributed by atoms with E-state index >= 15 is 0 Å². The van der Waals surface area contributed by atoms with Crippen LogP contribution in [0.15, 0.2) is 42.5 Å². The molecule has 0 atom stereocenters. The third-order valence-electron chi connectivity index (χ3n) is 4.12. The first-order chi connectivity index (χ1) is 12.5. The Hall–Kier alpha value is -2.86. The van der Waals surface area contributed by atoms with Gasteiger partial charge in [-0.05, 0) is 35.9 Å². The molecule has 0 saturated carbocycles. The van der Waals surface area contributed by atoms with Gasteiger partial charge in [-0.1, -0.05) is 23.7 Å². The maximum absolute atomic E-state index is 12.3. The number of carbonyl (C=O) groups excluding carboxylic acids is 3. The molecule has 6 nitrogen and oxygen atoms in total. The second-order valence-corrected chi connectivity index (χ2v) is 6.28. The number of halogens is 1. The van der Waals surface area contributed by atoms with Crippen LogP contribution in [0.4, 0.5) is 5.69 Å². The van der Waals surface area contributed by atoms with E-state index in [1.807, 2.05) is 0 Å². The molecule has 1 saturated heterocycles. The van der Waals surface area contributed by atoms with Gasteiger partial charge >= 0.3 is 0 Å². The number of carbonyl (C=O) groups is 3. The van der Waals surface area contributed by atoms with E-state index in [4.69, 9.17) is 16.3 Å². The number of rotatable bonds is 5. The monoisotopic (exact) mass is 372 g/mol. The smallest absolute Gasteiger partial charge is 0.255 e. The van der Waals surface area contributed by atoms with E-state index in [9.17, 15) is 14.4 Å². The number of nitrogens with zero attached hydrogens (tertiary/aromatic N) is 1. The zero-order chi connectivity index (χ0) is 18.7. The fourth-order valence-electron chi connectivity index (χ4n) is 2.69. The third-order valence-corrected chi connectivity index (χ3v) is 4.42. The Balaban J connectivity index is 1.66. The van der Waals surface area contributed by atoms with Crippen LogP contribution in [0.3, 0.4) is 0 Å². The standard InChI is InChI=1S/C19H17ClN2O4/c1-26-16-7-6-14(10-15(16)20)21-19(25)13-4-2-12(3-5-13)11-22-17(23)8-9-18(22)24/h2-7,10H,8-9,11H2,1H3,(H,21,25). The molecule has 0 aliphatic carbocycles. The summed E-state index contributed by atoms with van der Waals surface area (Å²) in [5.41, 5.74) is 1.80. The molecule has 26 heavy (non-hydrogen) atoms. The number of anilines is 1. The number of likely N-dealkylation sites (tertiary alicyclic amines) is 1. The van der Waals surface area contributed by atoms with E-state index in [1.165, 1.54) is 12.0 Å². The summed E-state index contributed by atoms with van der Waals surface area (Å²) in [5, 5.41) is 3.16. The van der Waals surface area contributed by atoms with E-state index in [-0.39, 0.29) is 37.1 Å². The lowest BCUT2D eigenvalue weighted by molar-refractivity contribution is -0.139. The SMILES string of the molecule is COc1ccc(NC(=O)c2ccc(CN3C(=O)CCC3=O)cc2)cc1Cl. The van der Waals surface area contributed by atoms with Gasteiger partial charge in [0.25, 0.3) is 5.91 Å². The Morgan fingerprint density at radius 1 is 1.12 bits per heavy atom. The van der Waals surface area contributed by atoms with Crippen LogP contribution in [-0.4, -0.2) is 29.7 Å². The maximum atomic E-state index is 12.3. The lowest BCUT2D eigenvalue weighted by Gasteiger charge is -2.14. The van der Waals surface area contributed by atoms with Crippen molar-refractivity contribution in [2.75, 3.05) is 12.4 Å². The van der Waals surface area contributed by atoms with Crippen molar-refractivity contribution in [3.8, 4) is 5.75 Å². The second-order valence-electron chi connectivity index (χ2n) is 5.87. The molecule has 2 aromatic rings. The zero-order valence-electron chi connectivity index (χ0n) is 14.1. The van der Waals surface area contributed by atoms with Crippen molar-refractivity contribution in [2.24, 2.45) is 0 Å². The van der Waals surface area contributed by atoms with Crippen LogP contribution in [0.1, 0.15) is 28.8 Å². The number of ether oxygens (including phenoxy) is 1. The molecule has 7 heteroatoms. The van der Waals surface area contributed by atoms with Crippen LogP contribution in [0.5, 0.6) is 5.75 Å². The van der Waals surface area contributed by atoms with E-state index in [0.717, 1.165) is 5.56 Å². The Labute approximate surface area is 155 Å². The number of hydrogen-bond donors (Lipinski definition) is 1. The summed E-state index contributed by atoms with van der Waals surface area (Å²) < 4.78 is 5.08. The molecule has 0 aromatic heterocycles. The predicted octanol–water partition coefficient (Wildman–Crippen LogP) is 3.25. The first-order valence-corrected chi connectivity index (χ1v) is 8.43. The summed E-state index contributed by atoms with van der Waals surface area (Å²) in [6, 6.07) is 11.7. The molecular weight excluding hydrogens is 356 g/mol. The van der Waals surface area contributed by atoms with Gasteiger partial charge < -0.3 is 10.1 Å². The van der Waals surface area contributed by atoms with Crippen molar-refractivity contribution in [1.82, 2.24) is 4.90 Å². The Kier molecular flexibility index (Phi) is 5.23. The summed E-state index contributed by atoms with van der Waals surface area (Å²) in [4.78, 5) is 36.9. The van der Waals surface area contributed by atoms with Crippen LogP contribution in [0.25, 0.3) is 0 Å². The minimum Gasteiger partial charge on any atom is -0.495 e. The minimum absolute atomic E-state index is 0.159. The molecule has 1 aliphatic rings. The number of imide groups is 1. The molecule has 2 aromatic carbocycles. The maximum Gasteiger partial charge on any atom is 0.255 e. The molecule has 0 spiro atoms. The number of methoxy groups -OCH3 is 1. The fourth-order valence-corrected chi connectivity index (χ4v) is 2.95. The summed E-state index contributed by atoms with van der Waals surface area (Å²) in [6.45, 7) is 0.230. The molecule has 0 radical (unpaired) electrons. The molecule has 134 valence electrons. The highest BCUT2D eigenvalue weighted by Crippen LogP contribution is 2.27. The lowest BCUT2D eigenvalue weighted by atomic mass is 10.1. The highest BCUT2D eigenvalue weighted by molar-refractivity contribution is 6.32. The third kappa shape index (κ3) is 3.86. The average molecular weight is 373 g/mol. The quantitative estimate of drug-likeness (QED) is 0.817. The molecule has 0 unspecified atom stereocenters. The number of hydrogen-bond acceptors (Lipinski definition) is 4. The van der Waals surface area contributed by atoms with Gasteiger partial charge in [0.2, 0.25) is 11.8 Å². The summed E-state index contributed by atoms with van der Waals surface area (Å²) in [7, 11) is 1.52. The topological polar surface area (TPSA) is 75.7 Å². The Morgan fingerprint density at radius 3 is 2.35 bits per heavy atom. The van der Waals surface area contributed by atoms with Gasteiger partial charge in [0, 0.05) is 24.1 Å². The van der Waals surface area contributed by atoms with E-state index < -0.39 is 0 Å². The minimum atomic E-state index is -0.286. The van der Waals surface area contributed by atoms with E-state index in [2.05, 4.69) is 5.32 Å². The molecular formula is C19H17ClN2O4. The zero-order valence-corrected chi connectivity index (χ0v) is 14.9. The molecule has 1 N–H and O–H groups in total. The molecule has 1 fully saturated rings. The summed E-state index contributed by atoms with van der Waals surface area (Å²) >= 11 is 6.05. The van der Waals surface area contributed by atoms with Crippen molar-refractivity contribution in [2.45, 2.75) is 19.4 Å². The molecule has 1 aliphatic heterocycles. The van der Waals surface area contributed by atoms with Crippen LogP contribution in [0.2, 0.25) is 5.02 Å². The van der Waals surface area contributed by atoms with Crippen molar-refractivity contribution in [3.63, 3.8) is 0 Å². The highest BCUT2D eigenvalue weighted by Gasteiger charge is 2.28. The van der Waals surface area contributed by atoms with Crippen molar-refractivity contribution >= 4 is 35.0 Å².